The molecule has 0 saturated heterocycles. The van der Waals surface area contributed by atoms with E-state index in [2.05, 4.69) is 20.6 Å². The number of aromatic nitrogens is 2. The van der Waals surface area contributed by atoms with Crippen molar-refractivity contribution < 1.29 is 14.3 Å². The van der Waals surface area contributed by atoms with Gasteiger partial charge in [-0.1, -0.05) is 12.8 Å². The summed E-state index contributed by atoms with van der Waals surface area (Å²) in [6, 6.07) is 7.42. The average Bonchev–Trinajstić information content (AvgIpc) is 3.25. The molecule has 1 fully saturated rings. The van der Waals surface area contributed by atoms with Crippen LogP contribution in [0.5, 0.6) is 11.5 Å². The fourth-order valence-corrected chi connectivity index (χ4v) is 3.21. The van der Waals surface area contributed by atoms with Gasteiger partial charge in [-0.15, -0.1) is 0 Å². The van der Waals surface area contributed by atoms with Crippen molar-refractivity contribution in [2.75, 3.05) is 17.4 Å². The summed E-state index contributed by atoms with van der Waals surface area (Å²) in [5.74, 6) is 2.30. The Hall–Kier alpha value is -2.83. The van der Waals surface area contributed by atoms with Crippen LogP contribution in [0.4, 0.5) is 11.5 Å². The quantitative estimate of drug-likeness (QED) is 0.889. The normalized spacial score (nSPS) is 16.0. The van der Waals surface area contributed by atoms with E-state index in [1.807, 2.05) is 0 Å². The zero-order chi connectivity index (χ0) is 17.2. The van der Waals surface area contributed by atoms with Crippen LogP contribution in [0.1, 0.15) is 42.0 Å². The standard InChI is InChI=1S/C18H20N4O3/c1-11-19-14(9-17(20-11)21-12-4-2-3-5-12)18(23)22-13-6-7-15-16(8-13)25-10-24-15/h6-9,12H,2-5,10H2,1H3,(H,22,23)(H,19,20,21). The highest BCUT2D eigenvalue weighted by Gasteiger charge is 2.18. The summed E-state index contributed by atoms with van der Waals surface area (Å²) in [7, 11) is 0. The van der Waals surface area contributed by atoms with Gasteiger partial charge in [-0.3, -0.25) is 4.79 Å². The number of fused-ring (bicyclic) bond motifs is 1. The lowest BCUT2D eigenvalue weighted by atomic mass is 10.2. The minimum absolute atomic E-state index is 0.202. The molecule has 1 aromatic carbocycles. The molecule has 1 saturated carbocycles. The lowest BCUT2D eigenvalue weighted by Crippen LogP contribution is -2.19. The van der Waals surface area contributed by atoms with E-state index in [1.165, 1.54) is 12.8 Å². The SMILES string of the molecule is Cc1nc(NC2CCCC2)cc(C(=O)Nc2ccc3c(c2)OCO3)n1. The van der Waals surface area contributed by atoms with Crippen LogP contribution in [0, 0.1) is 6.92 Å². The highest BCUT2D eigenvalue weighted by molar-refractivity contribution is 6.03. The van der Waals surface area contributed by atoms with Gasteiger partial charge in [0, 0.05) is 23.9 Å². The molecule has 4 rings (SSSR count). The summed E-state index contributed by atoms with van der Waals surface area (Å²) in [6.45, 7) is 1.99. The molecule has 1 amide bonds. The van der Waals surface area contributed by atoms with Crippen molar-refractivity contribution in [1.82, 2.24) is 9.97 Å². The van der Waals surface area contributed by atoms with E-state index < -0.39 is 0 Å². The monoisotopic (exact) mass is 340 g/mol. The van der Waals surface area contributed by atoms with Gasteiger partial charge in [0.15, 0.2) is 11.5 Å². The molecule has 1 aliphatic carbocycles. The van der Waals surface area contributed by atoms with Crippen LogP contribution in [0.15, 0.2) is 24.3 Å². The number of hydrogen-bond acceptors (Lipinski definition) is 6. The van der Waals surface area contributed by atoms with Crippen LogP contribution in [0.2, 0.25) is 0 Å². The van der Waals surface area contributed by atoms with Gasteiger partial charge in [0.1, 0.15) is 17.3 Å². The topological polar surface area (TPSA) is 85.4 Å². The molecule has 1 aliphatic heterocycles. The zero-order valence-corrected chi connectivity index (χ0v) is 14.0. The second-order valence-corrected chi connectivity index (χ2v) is 6.33. The molecule has 7 nitrogen and oxygen atoms in total. The van der Waals surface area contributed by atoms with E-state index in [1.54, 1.807) is 31.2 Å². The van der Waals surface area contributed by atoms with E-state index in [4.69, 9.17) is 9.47 Å². The minimum Gasteiger partial charge on any atom is -0.454 e. The van der Waals surface area contributed by atoms with Crippen LogP contribution in [0.25, 0.3) is 0 Å². The van der Waals surface area contributed by atoms with Gasteiger partial charge in [0.05, 0.1) is 0 Å². The number of amides is 1. The van der Waals surface area contributed by atoms with E-state index in [0.717, 1.165) is 12.8 Å². The Morgan fingerprint density at radius 3 is 2.76 bits per heavy atom. The van der Waals surface area contributed by atoms with Crippen molar-refractivity contribution >= 4 is 17.4 Å². The highest BCUT2D eigenvalue weighted by atomic mass is 16.7. The van der Waals surface area contributed by atoms with Crippen molar-refractivity contribution in [2.24, 2.45) is 0 Å². The Labute approximate surface area is 145 Å². The predicted octanol–water partition coefficient (Wildman–Crippen LogP) is 3.12. The number of carbonyl (C=O) groups excluding carboxylic acids is 1. The molecule has 0 bridgehead atoms. The smallest absolute Gasteiger partial charge is 0.274 e. The fraction of sp³-hybridized carbons (Fsp3) is 0.389. The molecule has 2 aliphatic rings. The molecule has 0 atom stereocenters. The molecule has 0 unspecified atom stereocenters. The first-order chi connectivity index (χ1) is 12.2. The summed E-state index contributed by atoms with van der Waals surface area (Å²) >= 11 is 0. The number of anilines is 2. The number of nitrogens with zero attached hydrogens (tertiary/aromatic N) is 2. The molecular weight excluding hydrogens is 320 g/mol. The van der Waals surface area contributed by atoms with Gasteiger partial charge in [-0.05, 0) is 31.9 Å². The van der Waals surface area contributed by atoms with Gasteiger partial charge in [-0.25, -0.2) is 9.97 Å². The van der Waals surface area contributed by atoms with Crippen molar-refractivity contribution in [1.29, 1.82) is 0 Å². The maximum Gasteiger partial charge on any atom is 0.274 e. The molecule has 130 valence electrons. The second-order valence-electron chi connectivity index (χ2n) is 6.33. The summed E-state index contributed by atoms with van der Waals surface area (Å²) < 4.78 is 10.6. The van der Waals surface area contributed by atoms with Crippen LogP contribution in [0.3, 0.4) is 0 Å². The Morgan fingerprint density at radius 1 is 1.12 bits per heavy atom. The van der Waals surface area contributed by atoms with Crippen molar-refractivity contribution in [3.05, 3.63) is 35.8 Å². The summed E-state index contributed by atoms with van der Waals surface area (Å²) in [6.07, 6.45) is 4.75. The van der Waals surface area contributed by atoms with Crippen molar-refractivity contribution in [2.45, 2.75) is 38.6 Å². The maximum atomic E-state index is 12.6. The first-order valence-corrected chi connectivity index (χ1v) is 8.50. The van der Waals surface area contributed by atoms with Crippen LogP contribution in [-0.2, 0) is 0 Å². The molecule has 2 heterocycles. The number of benzene rings is 1. The zero-order valence-electron chi connectivity index (χ0n) is 14.0. The number of aryl methyl sites for hydroxylation is 1. The lowest BCUT2D eigenvalue weighted by Gasteiger charge is -2.14. The van der Waals surface area contributed by atoms with Crippen LogP contribution < -0.4 is 20.1 Å². The molecule has 25 heavy (non-hydrogen) atoms. The summed E-state index contributed by atoms with van der Waals surface area (Å²) in [5.41, 5.74) is 0.974. The van der Waals surface area contributed by atoms with Crippen molar-refractivity contribution in [3.8, 4) is 11.5 Å². The third kappa shape index (κ3) is 3.50. The lowest BCUT2D eigenvalue weighted by molar-refractivity contribution is 0.102. The average molecular weight is 340 g/mol. The van der Waals surface area contributed by atoms with E-state index in [-0.39, 0.29) is 12.7 Å². The number of ether oxygens (including phenoxy) is 2. The second kappa shape index (κ2) is 6.58. The summed E-state index contributed by atoms with van der Waals surface area (Å²) in [4.78, 5) is 21.2. The Kier molecular flexibility index (Phi) is 4.13. The van der Waals surface area contributed by atoms with Crippen LogP contribution in [-0.4, -0.2) is 28.7 Å². The first kappa shape index (κ1) is 15.7. The molecule has 2 N–H and O–H groups in total. The maximum absolute atomic E-state index is 12.6. The number of hydrogen-bond donors (Lipinski definition) is 2. The molecule has 7 heteroatoms. The van der Waals surface area contributed by atoms with Gasteiger partial charge in [0.25, 0.3) is 5.91 Å². The van der Waals surface area contributed by atoms with E-state index >= 15 is 0 Å². The fourth-order valence-electron chi connectivity index (χ4n) is 3.21. The van der Waals surface area contributed by atoms with Gasteiger partial charge >= 0.3 is 0 Å². The summed E-state index contributed by atoms with van der Waals surface area (Å²) in [5, 5.41) is 6.25. The highest BCUT2D eigenvalue weighted by Crippen LogP contribution is 2.34. The third-order valence-electron chi connectivity index (χ3n) is 4.41. The van der Waals surface area contributed by atoms with Gasteiger partial charge in [-0.2, -0.15) is 0 Å². The van der Waals surface area contributed by atoms with E-state index in [9.17, 15) is 4.79 Å². The Bertz CT molecular complexity index is 803. The number of carbonyl (C=O) groups is 1. The molecular formula is C18H20N4O3. The molecule has 2 aromatic rings. The number of nitrogens with one attached hydrogen (secondary N) is 2. The van der Waals surface area contributed by atoms with Gasteiger partial charge < -0.3 is 20.1 Å². The number of rotatable bonds is 4. The van der Waals surface area contributed by atoms with E-state index in [0.29, 0.717) is 40.6 Å². The van der Waals surface area contributed by atoms with Gasteiger partial charge in [0.2, 0.25) is 6.79 Å². The molecule has 0 spiro atoms. The van der Waals surface area contributed by atoms with Crippen LogP contribution >= 0.6 is 0 Å². The third-order valence-corrected chi connectivity index (χ3v) is 4.41. The van der Waals surface area contributed by atoms with Crippen molar-refractivity contribution in [3.63, 3.8) is 0 Å². The predicted molar refractivity (Wildman–Crippen MR) is 93.2 cm³/mol. The Morgan fingerprint density at radius 2 is 1.92 bits per heavy atom. The molecule has 1 aromatic heterocycles. The first-order valence-electron chi connectivity index (χ1n) is 8.50. The molecule has 0 radical (unpaired) electrons. The minimum atomic E-state index is -0.279. The Balaban J connectivity index is 1.50. The largest absolute Gasteiger partial charge is 0.454 e.